The summed E-state index contributed by atoms with van der Waals surface area (Å²) in [6.45, 7) is 7.23. The molecule has 0 fully saturated rings. The first-order valence-electron chi connectivity index (χ1n) is 4.62. The second-order valence-electron chi connectivity index (χ2n) is 3.84. The van der Waals surface area contributed by atoms with Gasteiger partial charge in [-0.2, -0.15) is 11.8 Å². The van der Waals surface area contributed by atoms with E-state index in [2.05, 4.69) is 35.4 Å². The van der Waals surface area contributed by atoms with Crippen LogP contribution in [-0.2, 0) is 0 Å². The largest absolute Gasteiger partial charge is 0.353 e. The number of aromatic nitrogens is 2. The maximum absolute atomic E-state index is 4.28. The van der Waals surface area contributed by atoms with E-state index in [1.54, 1.807) is 6.20 Å². The molecule has 0 atom stereocenters. The van der Waals surface area contributed by atoms with E-state index < -0.39 is 0 Å². The van der Waals surface area contributed by atoms with Crippen LogP contribution in [0.5, 0.6) is 0 Å². The Labute approximate surface area is 89.7 Å². The summed E-state index contributed by atoms with van der Waals surface area (Å²) in [5, 5.41) is 3.23. The molecule has 1 rings (SSSR count). The van der Waals surface area contributed by atoms with Gasteiger partial charge < -0.3 is 5.32 Å². The smallest absolute Gasteiger partial charge is 0.222 e. The van der Waals surface area contributed by atoms with Crippen LogP contribution in [0, 0.1) is 6.92 Å². The molecule has 0 spiro atoms. The molecule has 1 aromatic rings. The van der Waals surface area contributed by atoms with Crippen molar-refractivity contribution in [1.29, 1.82) is 0 Å². The Balaban J connectivity index is 2.54. The van der Waals surface area contributed by atoms with Crippen LogP contribution >= 0.6 is 11.8 Å². The molecule has 0 saturated heterocycles. The van der Waals surface area contributed by atoms with Crippen LogP contribution in [0.3, 0.4) is 0 Å². The van der Waals surface area contributed by atoms with Crippen LogP contribution in [-0.4, -0.2) is 27.5 Å². The molecule has 0 radical (unpaired) electrons. The standard InChI is InChI=1S/C10H17N3S/c1-8-5-6-11-9(13-8)12-7-10(2,3)14-4/h5-6H,7H2,1-4H3,(H,11,12,13). The maximum Gasteiger partial charge on any atom is 0.222 e. The summed E-state index contributed by atoms with van der Waals surface area (Å²) >= 11 is 1.83. The van der Waals surface area contributed by atoms with Crippen molar-refractivity contribution < 1.29 is 0 Å². The minimum atomic E-state index is 0.215. The highest BCUT2D eigenvalue weighted by Crippen LogP contribution is 2.20. The van der Waals surface area contributed by atoms with Crippen molar-refractivity contribution in [2.45, 2.75) is 25.5 Å². The van der Waals surface area contributed by atoms with Crippen molar-refractivity contribution in [3.05, 3.63) is 18.0 Å². The third-order valence-electron chi connectivity index (χ3n) is 2.02. The van der Waals surface area contributed by atoms with Gasteiger partial charge in [0.25, 0.3) is 0 Å². The van der Waals surface area contributed by atoms with E-state index in [1.807, 2.05) is 24.8 Å². The number of hydrogen-bond donors (Lipinski definition) is 1. The van der Waals surface area contributed by atoms with Gasteiger partial charge in [-0.1, -0.05) is 0 Å². The van der Waals surface area contributed by atoms with Crippen LogP contribution in [0.2, 0.25) is 0 Å². The summed E-state index contributed by atoms with van der Waals surface area (Å²) < 4.78 is 0.215. The normalized spacial score (nSPS) is 11.4. The van der Waals surface area contributed by atoms with Crippen molar-refractivity contribution in [3.63, 3.8) is 0 Å². The molecule has 0 saturated carbocycles. The fraction of sp³-hybridized carbons (Fsp3) is 0.600. The van der Waals surface area contributed by atoms with Gasteiger partial charge in [-0.05, 0) is 33.1 Å². The second-order valence-corrected chi connectivity index (χ2v) is 5.35. The lowest BCUT2D eigenvalue weighted by Gasteiger charge is -2.22. The molecule has 0 aromatic carbocycles. The predicted molar refractivity (Wildman–Crippen MR) is 62.9 cm³/mol. The molecule has 0 unspecified atom stereocenters. The quantitative estimate of drug-likeness (QED) is 0.829. The van der Waals surface area contributed by atoms with Gasteiger partial charge in [-0.15, -0.1) is 0 Å². The van der Waals surface area contributed by atoms with Gasteiger partial charge in [0.1, 0.15) is 0 Å². The number of thioether (sulfide) groups is 1. The molecule has 3 nitrogen and oxygen atoms in total. The van der Waals surface area contributed by atoms with Gasteiger partial charge in [-0.3, -0.25) is 0 Å². The molecule has 1 aromatic heterocycles. The highest BCUT2D eigenvalue weighted by molar-refractivity contribution is 7.99. The Morgan fingerprint density at radius 2 is 2.21 bits per heavy atom. The van der Waals surface area contributed by atoms with Gasteiger partial charge in [0.05, 0.1) is 0 Å². The summed E-state index contributed by atoms with van der Waals surface area (Å²) in [5.41, 5.74) is 0.990. The van der Waals surface area contributed by atoms with Crippen molar-refractivity contribution in [2.24, 2.45) is 0 Å². The van der Waals surface area contributed by atoms with Gasteiger partial charge in [-0.25, -0.2) is 9.97 Å². The summed E-state index contributed by atoms with van der Waals surface area (Å²) in [6.07, 6.45) is 3.88. The average Bonchev–Trinajstić information content (AvgIpc) is 2.15. The maximum atomic E-state index is 4.28. The fourth-order valence-corrected chi connectivity index (χ4v) is 1.11. The lowest BCUT2D eigenvalue weighted by Crippen LogP contribution is -2.26. The zero-order valence-corrected chi connectivity index (χ0v) is 9.98. The molecule has 4 heteroatoms. The Kier molecular flexibility index (Phi) is 3.75. The van der Waals surface area contributed by atoms with E-state index in [-0.39, 0.29) is 4.75 Å². The molecular weight excluding hydrogens is 194 g/mol. The molecule has 1 N–H and O–H groups in total. The number of hydrogen-bond acceptors (Lipinski definition) is 4. The molecule has 0 aliphatic heterocycles. The summed E-state index contributed by atoms with van der Waals surface area (Å²) in [5.74, 6) is 0.715. The monoisotopic (exact) mass is 211 g/mol. The molecular formula is C10H17N3S. The molecule has 0 aliphatic carbocycles. The van der Waals surface area contributed by atoms with Crippen LogP contribution in [0.1, 0.15) is 19.5 Å². The zero-order chi connectivity index (χ0) is 10.6. The molecule has 0 bridgehead atoms. The third kappa shape index (κ3) is 3.54. The van der Waals surface area contributed by atoms with E-state index in [0.29, 0.717) is 5.95 Å². The van der Waals surface area contributed by atoms with E-state index in [1.165, 1.54) is 0 Å². The molecule has 0 amide bonds. The van der Waals surface area contributed by atoms with Crippen molar-refractivity contribution >= 4 is 17.7 Å². The first-order valence-corrected chi connectivity index (χ1v) is 5.85. The van der Waals surface area contributed by atoms with Crippen LogP contribution in [0.15, 0.2) is 12.3 Å². The Morgan fingerprint density at radius 1 is 1.50 bits per heavy atom. The summed E-state index contributed by atoms with van der Waals surface area (Å²) in [7, 11) is 0. The number of aryl methyl sites for hydroxylation is 1. The lowest BCUT2D eigenvalue weighted by molar-refractivity contribution is 0.746. The molecule has 78 valence electrons. The van der Waals surface area contributed by atoms with Gasteiger partial charge in [0, 0.05) is 23.2 Å². The van der Waals surface area contributed by atoms with Crippen molar-refractivity contribution in [1.82, 2.24) is 9.97 Å². The number of nitrogens with one attached hydrogen (secondary N) is 1. The van der Waals surface area contributed by atoms with E-state index in [0.717, 1.165) is 12.2 Å². The fourth-order valence-electron chi connectivity index (χ4n) is 0.898. The van der Waals surface area contributed by atoms with Gasteiger partial charge in [0.2, 0.25) is 5.95 Å². The van der Waals surface area contributed by atoms with Crippen molar-refractivity contribution in [3.8, 4) is 0 Å². The summed E-state index contributed by atoms with van der Waals surface area (Å²) in [6, 6.07) is 1.89. The van der Waals surface area contributed by atoms with Gasteiger partial charge >= 0.3 is 0 Å². The Morgan fingerprint density at radius 3 is 2.79 bits per heavy atom. The van der Waals surface area contributed by atoms with E-state index in [4.69, 9.17) is 0 Å². The van der Waals surface area contributed by atoms with E-state index >= 15 is 0 Å². The predicted octanol–water partition coefficient (Wildman–Crippen LogP) is 2.34. The topological polar surface area (TPSA) is 37.8 Å². The lowest BCUT2D eigenvalue weighted by atomic mass is 10.2. The minimum Gasteiger partial charge on any atom is -0.353 e. The third-order valence-corrected chi connectivity index (χ3v) is 3.27. The van der Waals surface area contributed by atoms with E-state index in [9.17, 15) is 0 Å². The highest BCUT2D eigenvalue weighted by atomic mass is 32.2. The average molecular weight is 211 g/mol. The Bertz CT molecular complexity index is 299. The molecule has 14 heavy (non-hydrogen) atoms. The molecule has 0 aliphatic rings. The van der Waals surface area contributed by atoms with Crippen LogP contribution in [0.25, 0.3) is 0 Å². The van der Waals surface area contributed by atoms with Crippen molar-refractivity contribution in [2.75, 3.05) is 18.1 Å². The number of rotatable bonds is 4. The van der Waals surface area contributed by atoms with Crippen LogP contribution < -0.4 is 5.32 Å². The van der Waals surface area contributed by atoms with Gasteiger partial charge in [0.15, 0.2) is 0 Å². The number of anilines is 1. The first kappa shape index (κ1) is 11.3. The zero-order valence-electron chi connectivity index (χ0n) is 9.16. The highest BCUT2D eigenvalue weighted by Gasteiger charge is 2.15. The SMILES string of the molecule is CSC(C)(C)CNc1nccc(C)n1. The minimum absolute atomic E-state index is 0.215. The van der Waals surface area contributed by atoms with Crippen LogP contribution in [0.4, 0.5) is 5.95 Å². The first-order chi connectivity index (χ1) is 6.53. The number of nitrogens with zero attached hydrogens (tertiary/aromatic N) is 2. The molecule has 1 heterocycles. The Hall–Kier alpha value is -0.770. The second kappa shape index (κ2) is 4.64. The summed E-state index contributed by atoms with van der Waals surface area (Å²) in [4.78, 5) is 8.42.